The summed E-state index contributed by atoms with van der Waals surface area (Å²) in [6.45, 7) is 0. The van der Waals surface area contributed by atoms with E-state index in [-0.39, 0.29) is 0 Å². The molecule has 0 atom stereocenters. The van der Waals surface area contributed by atoms with Crippen LogP contribution in [0.15, 0.2) is 0 Å². The number of hydroxylamine groups is 1. The molecule has 0 aromatic heterocycles. The summed E-state index contributed by atoms with van der Waals surface area (Å²) in [6, 6.07) is 0. The molecule has 0 heterocycles. The molecule has 3 heteroatoms. The van der Waals surface area contributed by atoms with Crippen LogP contribution in [0, 0.1) is 0 Å². The Labute approximate surface area is 31.2 Å². The Morgan fingerprint density at radius 3 is 2.00 bits per heavy atom. The van der Waals surface area contributed by atoms with Gasteiger partial charge < -0.3 is 0 Å². The van der Waals surface area contributed by atoms with Gasteiger partial charge >= 0.3 is 0 Å². The van der Waals surface area contributed by atoms with Crippen LogP contribution in [-0.2, 0) is 4.84 Å². The lowest BCUT2D eigenvalue weighted by atomic mass is 11.5. The summed E-state index contributed by atoms with van der Waals surface area (Å²) in [6.07, 6.45) is 0. The average molecular weight is 76.1 g/mol. The van der Waals surface area contributed by atoms with Crippen LogP contribution in [-0.4, -0.2) is 19.3 Å². The molecule has 0 spiro atoms. The molecule has 0 amide bonds. The highest BCUT2D eigenvalue weighted by atomic mass is 16.7. The van der Waals surface area contributed by atoms with Crippen molar-refractivity contribution in [2.75, 3.05) is 14.2 Å². The van der Waals surface area contributed by atoms with Gasteiger partial charge in [-0.05, 0) is 0 Å². The van der Waals surface area contributed by atoms with E-state index in [0.717, 1.165) is 5.17 Å². The van der Waals surface area contributed by atoms with Crippen LogP contribution in [0.5, 0.6) is 0 Å². The van der Waals surface area contributed by atoms with E-state index in [1.54, 1.807) is 7.05 Å². The van der Waals surface area contributed by atoms with E-state index in [4.69, 9.17) is 5.84 Å². The Hall–Kier alpha value is -0.120. The molecule has 0 saturated carbocycles. The summed E-state index contributed by atoms with van der Waals surface area (Å²) in [7, 11) is 3.11. The fourth-order valence-electron chi connectivity index (χ4n) is 0. The van der Waals surface area contributed by atoms with Gasteiger partial charge in [0.2, 0.25) is 0 Å². The predicted octanol–water partition coefficient (Wildman–Crippen LogP) is -0.647. The van der Waals surface area contributed by atoms with E-state index in [1.165, 1.54) is 7.11 Å². The van der Waals surface area contributed by atoms with Crippen LogP contribution in [0.1, 0.15) is 0 Å². The molecule has 0 saturated heterocycles. The van der Waals surface area contributed by atoms with Gasteiger partial charge in [-0.15, -0.1) is 5.17 Å². The molecule has 3 nitrogen and oxygen atoms in total. The molecule has 0 aliphatic carbocycles. The second-order valence-electron chi connectivity index (χ2n) is 0.729. The second-order valence-corrected chi connectivity index (χ2v) is 0.729. The minimum absolute atomic E-state index is 1.12. The number of nitrogens with two attached hydrogens (primary N) is 1. The van der Waals surface area contributed by atoms with Crippen molar-refractivity contribution in [3.63, 3.8) is 0 Å². The van der Waals surface area contributed by atoms with Crippen LogP contribution >= 0.6 is 0 Å². The third kappa shape index (κ3) is 3.88. The lowest BCUT2D eigenvalue weighted by Crippen LogP contribution is -2.23. The van der Waals surface area contributed by atoms with Crippen molar-refractivity contribution in [1.82, 2.24) is 5.17 Å². The van der Waals surface area contributed by atoms with Crippen molar-refractivity contribution in [2.45, 2.75) is 0 Å². The van der Waals surface area contributed by atoms with E-state index in [0.29, 0.717) is 0 Å². The van der Waals surface area contributed by atoms with Gasteiger partial charge in [0.25, 0.3) is 0 Å². The van der Waals surface area contributed by atoms with E-state index in [9.17, 15) is 0 Å². The van der Waals surface area contributed by atoms with E-state index < -0.39 is 0 Å². The maximum atomic E-state index is 4.90. The zero-order valence-electron chi connectivity index (χ0n) is 3.43. The van der Waals surface area contributed by atoms with Gasteiger partial charge in [0, 0.05) is 7.05 Å². The first kappa shape index (κ1) is 4.88. The van der Waals surface area contributed by atoms with Crippen molar-refractivity contribution in [3.05, 3.63) is 0 Å². The first-order valence-corrected chi connectivity index (χ1v) is 1.30. The van der Waals surface area contributed by atoms with Gasteiger partial charge in [0.1, 0.15) is 0 Å². The van der Waals surface area contributed by atoms with Crippen molar-refractivity contribution >= 4 is 0 Å². The number of hydrogen-bond acceptors (Lipinski definition) is 3. The van der Waals surface area contributed by atoms with Crippen LogP contribution < -0.4 is 5.84 Å². The molecule has 0 radical (unpaired) electrons. The zero-order valence-corrected chi connectivity index (χ0v) is 3.43. The summed E-state index contributed by atoms with van der Waals surface area (Å²) < 4.78 is 0. The summed E-state index contributed by atoms with van der Waals surface area (Å²) in [5.41, 5.74) is 0. The van der Waals surface area contributed by atoms with E-state index in [2.05, 4.69) is 4.84 Å². The maximum Gasteiger partial charge on any atom is 0.0591 e. The van der Waals surface area contributed by atoms with Gasteiger partial charge in [0.15, 0.2) is 0 Å². The minimum Gasteiger partial charge on any atom is -0.288 e. The lowest BCUT2D eigenvalue weighted by Gasteiger charge is -2.00. The van der Waals surface area contributed by atoms with Crippen LogP contribution in [0.25, 0.3) is 0 Å². The van der Waals surface area contributed by atoms with E-state index in [1.807, 2.05) is 0 Å². The Balaban J connectivity index is 2.54. The third-order valence-electron chi connectivity index (χ3n) is 0.288. The first-order valence-electron chi connectivity index (χ1n) is 1.30. The SMILES string of the molecule is CON(C)N. The van der Waals surface area contributed by atoms with Gasteiger partial charge in [-0.25, -0.2) is 5.84 Å². The maximum absolute atomic E-state index is 4.90. The van der Waals surface area contributed by atoms with Crippen molar-refractivity contribution in [2.24, 2.45) is 5.84 Å². The Morgan fingerprint density at radius 1 is 1.80 bits per heavy atom. The lowest BCUT2D eigenvalue weighted by molar-refractivity contribution is -0.111. The third-order valence-corrected chi connectivity index (χ3v) is 0.288. The van der Waals surface area contributed by atoms with Crippen LogP contribution in [0.4, 0.5) is 0 Å². The molecule has 0 fully saturated rings. The van der Waals surface area contributed by atoms with Gasteiger partial charge in [-0.3, -0.25) is 4.84 Å². The average Bonchev–Trinajstić information content (AvgIpc) is 1.38. The fourth-order valence-corrected chi connectivity index (χ4v) is 0. The molecule has 2 N–H and O–H groups in total. The number of hydrazine groups is 1. The standard InChI is InChI=1S/C2H8N2O/c1-4(3)5-2/h3H2,1-2H3. The summed E-state index contributed by atoms with van der Waals surface area (Å²) in [5, 5.41) is 1.12. The summed E-state index contributed by atoms with van der Waals surface area (Å²) >= 11 is 0. The van der Waals surface area contributed by atoms with Crippen molar-refractivity contribution < 1.29 is 4.84 Å². The number of rotatable bonds is 1. The van der Waals surface area contributed by atoms with Crippen LogP contribution in [0.2, 0.25) is 0 Å². The molecule has 0 aliphatic rings. The smallest absolute Gasteiger partial charge is 0.0591 e. The molecular weight excluding hydrogens is 68.0 g/mol. The Kier molecular flexibility index (Phi) is 2.09. The van der Waals surface area contributed by atoms with Gasteiger partial charge in [0.05, 0.1) is 7.11 Å². The minimum atomic E-state index is 1.12. The molecular formula is C2H8N2O. The fraction of sp³-hybridized carbons (Fsp3) is 1.00. The highest BCUT2D eigenvalue weighted by Gasteiger charge is 1.70. The number of nitrogens with zero attached hydrogens (tertiary/aromatic N) is 1. The molecule has 0 bridgehead atoms. The molecule has 0 aliphatic heterocycles. The van der Waals surface area contributed by atoms with Crippen molar-refractivity contribution in [1.29, 1.82) is 0 Å². The molecule has 0 unspecified atom stereocenters. The predicted molar refractivity (Wildman–Crippen MR) is 19.0 cm³/mol. The monoisotopic (exact) mass is 76.1 g/mol. The normalized spacial score (nSPS) is 9.60. The number of hydrogen-bond donors (Lipinski definition) is 1. The Bertz CT molecular complexity index is 21.6. The summed E-state index contributed by atoms with van der Waals surface area (Å²) in [5.74, 6) is 4.90. The topological polar surface area (TPSA) is 38.5 Å². The second kappa shape index (κ2) is 2.14. The largest absolute Gasteiger partial charge is 0.288 e. The molecule has 0 aromatic carbocycles. The molecule has 0 aromatic rings. The highest BCUT2D eigenvalue weighted by molar-refractivity contribution is 3.88. The quantitative estimate of drug-likeness (QED) is 0.333. The van der Waals surface area contributed by atoms with Gasteiger partial charge in [-0.1, -0.05) is 0 Å². The van der Waals surface area contributed by atoms with Crippen LogP contribution in [0.3, 0.4) is 0 Å². The molecule has 5 heavy (non-hydrogen) atoms. The Morgan fingerprint density at radius 2 is 2.00 bits per heavy atom. The first-order chi connectivity index (χ1) is 2.27. The van der Waals surface area contributed by atoms with E-state index >= 15 is 0 Å². The molecule has 0 rings (SSSR count). The highest BCUT2D eigenvalue weighted by Crippen LogP contribution is 1.57. The van der Waals surface area contributed by atoms with Gasteiger partial charge in [-0.2, -0.15) is 0 Å². The molecule has 32 valence electrons. The van der Waals surface area contributed by atoms with Crippen molar-refractivity contribution in [3.8, 4) is 0 Å². The zero-order chi connectivity index (χ0) is 4.28. The summed E-state index contributed by atoms with van der Waals surface area (Å²) in [4.78, 5) is 4.36.